The van der Waals surface area contributed by atoms with Gasteiger partial charge in [0, 0.05) is 6.04 Å². The lowest BCUT2D eigenvalue weighted by atomic mass is 10.1. The number of nitrogens with zero attached hydrogens (tertiary/aromatic N) is 1. The van der Waals surface area contributed by atoms with E-state index in [0.29, 0.717) is 0 Å². The molecule has 0 saturated carbocycles. The van der Waals surface area contributed by atoms with Crippen molar-refractivity contribution in [2.75, 3.05) is 0 Å². The van der Waals surface area contributed by atoms with E-state index in [1.165, 1.54) is 23.3 Å². The van der Waals surface area contributed by atoms with Gasteiger partial charge in [-0.3, -0.25) is 0 Å². The zero-order chi connectivity index (χ0) is 9.97. The number of allylic oxidation sites excluding steroid dienone is 1. The molecule has 0 aliphatic heterocycles. The molecule has 1 aliphatic carbocycles. The highest BCUT2D eigenvalue weighted by molar-refractivity contribution is 7.07. The summed E-state index contributed by atoms with van der Waals surface area (Å²) in [6, 6.07) is 2.41. The first-order chi connectivity index (χ1) is 6.75. The summed E-state index contributed by atoms with van der Waals surface area (Å²) in [6.45, 7) is 2.04. The third-order valence-electron chi connectivity index (χ3n) is 2.59. The molecule has 2 N–H and O–H groups in total. The molecule has 1 unspecified atom stereocenters. The first-order valence-electron chi connectivity index (χ1n) is 5.15. The van der Waals surface area contributed by atoms with Gasteiger partial charge in [0.15, 0.2) is 0 Å². The van der Waals surface area contributed by atoms with Crippen LogP contribution in [0.4, 0.5) is 0 Å². The lowest BCUT2D eigenvalue weighted by Crippen LogP contribution is -2.15. The van der Waals surface area contributed by atoms with E-state index in [2.05, 4.69) is 16.5 Å². The molecule has 1 aromatic heterocycles. The van der Waals surface area contributed by atoms with Crippen molar-refractivity contribution in [3.05, 3.63) is 22.7 Å². The summed E-state index contributed by atoms with van der Waals surface area (Å²) >= 11 is 1.59. The monoisotopic (exact) mass is 208 g/mol. The second-order valence-electron chi connectivity index (χ2n) is 3.93. The maximum absolute atomic E-state index is 5.98. The Hall–Kier alpha value is -0.670. The molecule has 0 radical (unpaired) electrons. The Morgan fingerprint density at radius 3 is 3.07 bits per heavy atom. The fourth-order valence-electron chi connectivity index (χ4n) is 1.84. The number of rotatable bonds is 1. The Kier molecular flexibility index (Phi) is 2.99. The van der Waals surface area contributed by atoms with Gasteiger partial charge in [-0.15, -0.1) is 0 Å². The van der Waals surface area contributed by atoms with Crippen molar-refractivity contribution in [3.63, 3.8) is 0 Å². The molecule has 0 spiro atoms. The molecule has 0 saturated heterocycles. The maximum Gasteiger partial charge on any atom is 0.0517 e. The average molecular weight is 208 g/mol. The van der Waals surface area contributed by atoms with Gasteiger partial charge in [0.25, 0.3) is 0 Å². The summed E-state index contributed by atoms with van der Waals surface area (Å²) in [4.78, 5) is 1.31. The molecule has 1 aliphatic rings. The highest BCUT2D eigenvalue weighted by Gasteiger charge is 2.11. The number of nitrogens with two attached hydrogens (primary N) is 1. The lowest BCUT2D eigenvalue weighted by Gasteiger charge is -2.03. The molecule has 2 rings (SSSR count). The van der Waals surface area contributed by atoms with Crippen molar-refractivity contribution in [2.45, 2.75) is 38.6 Å². The fourth-order valence-corrected chi connectivity index (χ4v) is 2.65. The highest BCUT2D eigenvalue weighted by atomic mass is 32.1. The Labute approximate surface area is 89.0 Å². The molecule has 1 aromatic rings. The van der Waals surface area contributed by atoms with Gasteiger partial charge in [-0.25, -0.2) is 0 Å². The molecule has 76 valence electrons. The summed E-state index contributed by atoms with van der Waals surface area (Å²) in [6.07, 6.45) is 7.02. The van der Waals surface area contributed by atoms with Crippen LogP contribution in [0.1, 0.15) is 36.3 Å². The predicted molar refractivity (Wildman–Crippen MR) is 61.3 cm³/mol. The van der Waals surface area contributed by atoms with E-state index in [4.69, 9.17) is 5.73 Å². The van der Waals surface area contributed by atoms with Gasteiger partial charge >= 0.3 is 0 Å². The number of hydrogen-bond donors (Lipinski definition) is 1. The van der Waals surface area contributed by atoms with E-state index in [1.807, 2.05) is 6.92 Å². The van der Waals surface area contributed by atoms with Crippen molar-refractivity contribution in [2.24, 2.45) is 5.73 Å². The Bertz CT molecular complexity index is 341. The fraction of sp³-hybridized carbons (Fsp3) is 0.545. The van der Waals surface area contributed by atoms with E-state index in [0.717, 1.165) is 18.5 Å². The van der Waals surface area contributed by atoms with Gasteiger partial charge in [-0.2, -0.15) is 4.37 Å². The quantitative estimate of drug-likeness (QED) is 0.770. The van der Waals surface area contributed by atoms with E-state index >= 15 is 0 Å². The van der Waals surface area contributed by atoms with Gasteiger partial charge in [0.05, 0.1) is 10.6 Å². The molecule has 2 nitrogen and oxygen atoms in total. The Balaban J connectivity index is 2.23. The molecule has 1 atom stereocenters. The second-order valence-corrected chi connectivity index (χ2v) is 4.74. The first kappa shape index (κ1) is 9.87. The van der Waals surface area contributed by atoms with Crippen LogP contribution in [0.5, 0.6) is 0 Å². The van der Waals surface area contributed by atoms with Crippen LogP contribution in [0, 0.1) is 6.92 Å². The van der Waals surface area contributed by atoms with Crippen LogP contribution < -0.4 is 5.73 Å². The van der Waals surface area contributed by atoms with Gasteiger partial charge in [0.2, 0.25) is 0 Å². The van der Waals surface area contributed by atoms with Crippen molar-refractivity contribution in [1.29, 1.82) is 0 Å². The largest absolute Gasteiger partial charge is 0.324 e. The van der Waals surface area contributed by atoms with Crippen LogP contribution >= 0.6 is 11.5 Å². The van der Waals surface area contributed by atoms with Crippen molar-refractivity contribution in [1.82, 2.24) is 4.37 Å². The standard InChI is InChI=1S/C11H16N2S/c1-8-6-11(14-13-8)9-4-2-3-5-10(12)7-9/h6-7,10H,2-5,12H2,1H3. The van der Waals surface area contributed by atoms with Crippen molar-refractivity contribution in [3.8, 4) is 0 Å². The topological polar surface area (TPSA) is 38.9 Å². The minimum absolute atomic E-state index is 0.245. The van der Waals surface area contributed by atoms with Gasteiger partial charge in [-0.05, 0) is 49.4 Å². The van der Waals surface area contributed by atoms with E-state index < -0.39 is 0 Å². The van der Waals surface area contributed by atoms with Gasteiger partial charge in [-0.1, -0.05) is 12.5 Å². The Morgan fingerprint density at radius 1 is 1.50 bits per heavy atom. The predicted octanol–water partition coefficient (Wildman–Crippen LogP) is 2.74. The SMILES string of the molecule is Cc1cc(C2=CC(N)CCCC2)sn1. The van der Waals surface area contributed by atoms with Gasteiger partial charge < -0.3 is 5.73 Å². The number of aryl methyl sites for hydroxylation is 1. The normalized spacial score (nSPS) is 23.0. The van der Waals surface area contributed by atoms with E-state index in [-0.39, 0.29) is 6.04 Å². The van der Waals surface area contributed by atoms with E-state index in [1.54, 1.807) is 11.5 Å². The van der Waals surface area contributed by atoms with Crippen LogP contribution in [0.25, 0.3) is 5.57 Å². The summed E-state index contributed by atoms with van der Waals surface area (Å²) in [5, 5.41) is 0. The molecule has 3 heteroatoms. The summed E-state index contributed by atoms with van der Waals surface area (Å²) < 4.78 is 4.31. The molecule has 0 amide bonds. The lowest BCUT2D eigenvalue weighted by molar-refractivity contribution is 0.658. The molecule has 14 heavy (non-hydrogen) atoms. The number of aromatic nitrogens is 1. The summed E-state index contributed by atoms with van der Waals surface area (Å²) in [5.41, 5.74) is 8.49. The third kappa shape index (κ3) is 2.22. The Morgan fingerprint density at radius 2 is 2.36 bits per heavy atom. The minimum Gasteiger partial charge on any atom is -0.324 e. The zero-order valence-electron chi connectivity index (χ0n) is 8.49. The van der Waals surface area contributed by atoms with Crippen molar-refractivity contribution >= 4 is 17.1 Å². The minimum atomic E-state index is 0.245. The van der Waals surface area contributed by atoms with Crippen molar-refractivity contribution < 1.29 is 0 Å². The zero-order valence-corrected chi connectivity index (χ0v) is 9.31. The molecule has 0 fully saturated rings. The average Bonchev–Trinajstić information content (AvgIpc) is 2.45. The molecular weight excluding hydrogens is 192 g/mol. The second kappa shape index (κ2) is 4.24. The van der Waals surface area contributed by atoms with Crippen LogP contribution in [0.3, 0.4) is 0 Å². The summed E-state index contributed by atoms with van der Waals surface area (Å²) in [5.74, 6) is 0. The van der Waals surface area contributed by atoms with Crippen LogP contribution in [0.2, 0.25) is 0 Å². The van der Waals surface area contributed by atoms with Crippen LogP contribution in [-0.4, -0.2) is 10.4 Å². The third-order valence-corrected chi connectivity index (χ3v) is 3.55. The van der Waals surface area contributed by atoms with Gasteiger partial charge in [0.1, 0.15) is 0 Å². The molecular formula is C11H16N2S. The molecule has 1 heterocycles. The van der Waals surface area contributed by atoms with Crippen LogP contribution in [-0.2, 0) is 0 Å². The molecule has 0 aromatic carbocycles. The highest BCUT2D eigenvalue weighted by Crippen LogP contribution is 2.28. The molecule has 0 bridgehead atoms. The number of hydrogen-bond acceptors (Lipinski definition) is 3. The maximum atomic E-state index is 5.98. The summed E-state index contributed by atoms with van der Waals surface area (Å²) in [7, 11) is 0. The van der Waals surface area contributed by atoms with Crippen LogP contribution in [0.15, 0.2) is 12.1 Å². The van der Waals surface area contributed by atoms with E-state index in [9.17, 15) is 0 Å². The smallest absolute Gasteiger partial charge is 0.0517 e. The first-order valence-corrected chi connectivity index (χ1v) is 5.93.